The zero-order valence-electron chi connectivity index (χ0n) is 39.8. The summed E-state index contributed by atoms with van der Waals surface area (Å²) in [6.07, 6.45) is 46.1. The largest absolute Gasteiger partial charge is 0.472 e. The highest BCUT2D eigenvalue weighted by atomic mass is 31.2. The number of hydrogen-bond acceptors (Lipinski definition) is 8. The van der Waals surface area contributed by atoms with E-state index in [-0.39, 0.29) is 26.1 Å². The van der Waals surface area contributed by atoms with E-state index in [0.29, 0.717) is 30.3 Å². The van der Waals surface area contributed by atoms with Gasteiger partial charge in [0.15, 0.2) is 6.10 Å². The quantitative estimate of drug-likeness (QED) is 0.0153. The third-order valence-corrected chi connectivity index (χ3v) is 11.4. The van der Waals surface area contributed by atoms with Gasteiger partial charge in [-0.2, -0.15) is 0 Å². The van der Waals surface area contributed by atoms with Gasteiger partial charge < -0.3 is 24.0 Å². The second-order valence-electron chi connectivity index (χ2n) is 17.7. The molecule has 11 heteroatoms. The van der Waals surface area contributed by atoms with E-state index in [9.17, 15) is 24.2 Å². The van der Waals surface area contributed by atoms with Gasteiger partial charge in [0.05, 0.1) is 33.9 Å². The molecule has 0 fully saturated rings. The van der Waals surface area contributed by atoms with Gasteiger partial charge in [0.2, 0.25) is 0 Å². The molecule has 0 spiro atoms. The molecule has 356 valence electrons. The number of rotatable bonds is 44. The molecule has 0 aliphatic rings. The number of aliphatic hydroxyl groups is 1. The van der Waals surface area contributed by atoms with Crippen LogP contribution >= 0.6 is 7.82 Å². The minimum absolute atomic E-state index is 0.0147. The molecule has 0 bridgehead atoms. The van der Waals surface area contributed by atoms with Crippen LogP contribution in [0, 0.1) is 0 Å². The maximum absolute atomic E-state index is 12.7. The number of likely N-dealkylation sites (N-methyl/N-ethyl adjacent to an activating group) is 1. The summed E-state index contributed by atoms with van der Waals surface area (Å²) in [5.74, 6) is -0.874. The van der Waals surface area contributed by atoms with Crippen molar-refractivity contribution in [1.82, 2.24) is 0 Å². The maximum atomic E-state index is 12.7. The Morgan fingerprint density at radius 2 is 1.13 bits per heavy atom. The van der Waals surface area contributed by atoms with Crippen molar-refractivity contribution in [2.45, 2.75) is 212 Å². The average Bonchev–Trinajstić information content (AvgIpc) is 3.21. The lowest BCUT2D eigenvalue weighted by atomic mass is 10.0. The predicted molar refractivity (Wildman–Crippen MR) is 253 cm³/mol. The first-order chi connectivity index (χ1) is 29.4. The number of phosphoric acid groups is 1. The first-order valence-electron chi connectivity index (χ1n) is 24.5. The standard InChI is InChI=1S/C50H92NO9P/c1-6-8-10-12-14-15-16-17-18-19-20-21-22-23-24-25-26-27-29-33-38-42-50(54)60-48(46-59-61(55,56)58-44-43-51(3,4)5)45-57-49(53)41-37-34-30-32-36-40-47(52)39-35-31-28-13-11-9-7-2/h9,11,17-18,28,31,35,39,47-48,52H,6-8,10,12-16,19-27,29-30,32-34,36-38,40-46H2,1-5H3/p+1/b11-9+,18-17-,31-28+,39-35+/t47?,48-/m1/s1. The van der Waals surface area contributed by atoms with Crippen LogP contribution in [-0.2, 0) is 32.7 Å². The molecular formula is C50H93NO9P+. The molecule has 10 nitrogen and oxygen atoms in total. The molecule has 0 aliphatic carbocycles. The van der Waals surface area contributed by atoms with Crippen LogP contribution in [-0.4, -0.2) is 86.1 Å². The van der Waals surface area contributed by atoms with Crippen LogP contribution < -0.4 is 0 Å². The lowest BCUT2D eigenvalue weighted by molar-refractivity contribution is -0.870. The number of aliphatic hydroxyl groups excluding tert-OH is 1. The number of phosphoric ester groups is 1. The van der Waals surface area contributed by atoms with Gasteiger partial charge in [-0.25, -0.2) is 4.57 Å². The highest BCUT2D eigenvalue weighted by Gasteiger charge is 2.27. The van der Waals surface area contributed by atoms with Crippen molar-refractivity contribution in [2.75, 3.05) is 47.5 Å². The zero-order chi connectivity index (χ0) is 45.1. The molecule has 0 saturated heterocycles. The third kappa shape index (κ3) is 45.8. The minimum atomic E-state index is -4.40. The summed E-state index contributed by atoms with van der Waals surface area (Å²) < 4.78 is 34.3. The number of carbonyl (C=O) groups is 2. The van der Waals surface area contributed by atoms with Gasteiger partial charge in [-0.15, -0.1) is 0 Å². The van der Waals surface area contributed by atoms with Gasteiger partial charge >= 0.3 is 19.8 Å². The predicted octanol–water partition coefficient (Wildman–Crippen LogP) is 13.2. The van der Waals surface area contributed by atoms with Crippen molar-refractivity contribution in [3.8, 4) is 0 Å². The highest BCUT2D eigenvalue weighted by molar-refractivity contribution is 7.47. The van der Waals surface area contributed by atoms with E-state index in [1.165, 1.54) is 96.3 Å². The van der Waals surface area contributed by atoms with Gasteiger partial charge in [-0.1, -0.05) is 178 Å². The normalized spacial score (nSPS) is 14.4. The fourth-order valence-electron chi connectivity index (χ4n) is 6.60. The van der Waals surface area contributed by atoms with E-state index in [2.05, 4.69) is 44.2 Å². The summed E-state index contributed by atoms with van der Waals surface area (Å²) in [7, 11) is 1.42. The first kappa shape index (κ1) is 58.9. The Bertz CT molecular complexity index is 1200. The van der Waals surface area contributed by atoms with Crippen molar-refractivity contribution >= 4 is 19.8 Å². The van der Waals surface area contributed by atoms with Crippen molar-refractivity contribution in [3.63, 3.8) is 0 Å². The number of carbonyl (C=O) groups excluding carboxylic acids is 2. The number of esters is 2. The Morgan fingerprint density at radius 1 is 0.607 bits per heavy atom. The number of hydrogen-bond donors (Lipinski definition) is 2. The van der Waals surface area contributed by atoms with Gasteiger partial charge in [0.1, 0.15) is 19.8 Å². The Hall–Kier alpha value is -2.07. The molecule has 0 rings (SSSR count). The van der Waals surface area contributed by atoms with Crippen LogP contribution in [0.1, 0.15) is 200 Å². The summed E-state index contributed by atoms with van der Waals surface area (Å²) in [5.41, 5.74) is 0. The summed E-state index contributed by atoms with van der Waals surface area (Å²) in [6.45, 7) is 4.19. The molecule has 0 amide bonds. The van der Waals surface area contributed by atoms with E-state index in [0.717, 1.165) is 57.8 Å². The van der Waals surface area contributed by atoms with Crippen LogP contribution in [0.25, 0.3) is 0 Å². The van der Waals surface area contributed by atoms with E-state index >= 15 is 0 Å². The molecule has 3 atom stereocenters. The SMILES string of the molecule is CC/C=C/C/C=C/C=C/C(O)CCCCCCCC(=O)OC[C@H](COP(=O)(O)OCC[N+](C)(C)C)OC(=O)CCCCCCCCCCCCC/C=C\CCCCCCCC. The number of nitrogens with zero attached hydrogens (tertiary/aromatic N) is 1. The molecule has 0 aromatic carbocycles. The van der Waals surface area contributed by atoms with E-state index in [1.807, 2.05) is 39.4 Å². The molecule has 2 unspecified atom stereocenters. The van der Waals surface area contributed by atoms with Crippen LogP contribution in [0.3, 0.4) is 0 Å². The Morgan fingerprint density at radius 3 is 1.69 bits per heavy atom. The smallest absolute Gasteiger partial charge is 0.462 e. The van der Waals surface area contributed by atoms with E-state index in [1.54, 1.807) is 0 Å². The van der Waals surface area contributed by atoms with Crippen LogP contribution in [0.2, 0.25) is 0 Å². The fourth-order valence-corrected chi connectivity index (χ4v) is 7.35. The second-order valence-corrected chi connectivity index (χ2v) is 19.1. The van der Waals surface area contributed by atoms with Crippen LogP contribution in [0.15, 0.2) is 48.6 Å². The monoisotopic (exact) mass is 883 g/mol. The van der Waals surface area contributed by atoms with E-state index < -0.39 is 38.6 Å². The number of allylic oxidation sites excluding steroid dienone is 7. The molecule has 0 aromatic rings. The highest BCUT2D eigenvalue weighted by Crippen LogP contribution is 2.43. The molecule has 0 aliphatic heterocycles. The lowest BCUT2D eigenvalue weighted by Gasteiger charge is -2.24. The lowest BCUT2D eigenvalue weighted by Crippen LogP contribution is -2.37. The van der Waals surface area contributed by atoms with Gasteiger partial charge in [0.25, 0.3) is 0 Å². The van der Waals surface area contributed by atoms with Crippen LogP contribution in [0.4, 0.5) is 0 Å². The molecule has 0 aromatic heterocycles. The first-order valence-corrected chi connectivity index (χ1v) is 26.0. The fraction of sp³-hybridized carbons (Fsp3) is 0.800. The maximum Gasteiger partial charge on any atom is 0.472 e. The molecule has 2 N–H and O–H groups in total. The molecule has 61 heavy (non-hydrogen) atoms. The molecule has 0 heterocycles. The molecule has 0 radical (unpaired) electrons. The van der Waals surface area contributed by atoms with Crippen molar-refractivity contribution in [2.24, 2.45) is 0 Å². The van der Waals surface area contributed by atoms with Gasteiger partial charge in [-0.05, 0) is 57.8 Å². The number of unbranched alkanes of at least 4 members (excludes halogenated alkanes) is 21. The topological polar surface area (TPSA) is 129 Å². The Kier molecular flexibility index (Phi) is 40.5. The summed E-state index contributed by atoms with van der Waals surface area (Å²) >= 11 is 0. The summed E-state index contributed by atoms with van der Waals surface area (Å²) in [4.78, 5) is 35.5. The van der Waals surface area contributed by atoms with Gasteiger partial charge in [0, 0.05) is 12.8 Å². The summed E-state index contributed by atoms with van der Waals surface area (Å²) in [5, 5.41) is 10.2. The zero-order valence-corrected chi connectivity index (χ0v) is 40.6. The third-order valence-electron chi connectivity index (χ3n) is 10.4. The van der Waals surface area contributed by atoms with Crippen molar-refractivity contribution < 1.29 is 47.2 Å². The second kappa shape index (κ2) is 41.9. The van der Waals surface area contributed by atoms with Crippen molar-refractivity contribution in [3.05, 3.63) is 48.6 Å². The molecular weight excluding hydrogens is 790 g/mol. The van der Waals surface area contributed by atoms with Crippen molar-refractivity contribution in [1.29, 1.82) is 0 Å². The average molecular weight is 883 g/mol. The summed E-state index contributed by atoms with van der Waals surface area (Å²) in [6, 6.07) is 0. The van der Waals surface area contributed by atoms with Crippen LogP contribution in [0.5, 0.6) is 0 Å². The van der Waals surface area contributed by atoms with E-state index in [4.69, 9.17) is 18.5 Å². The number of quaternary nitrogens is 1. The molecule has 0 saturated carbocycles. The van der Waals surface area contributed by atoms with Gasteiger partial charge in [-0.3, -0.25) is 18.6 Å². The minimum Gasteiger partial charge on any atom is -0.462 e. The Balaban J connectivity index is 4.33. The Labute approximate surface area is 374 Å². The number of ether oxygens (including phenoxy) is 2.